The molecule has 20 heavy (non-hydrogen) atoms. The van der Waals surface area contributed by atoms with Crippen LogP contribution in [0, 0.1) is 0 Å². The van der Waals surface area contributed by atoms with Gasteiger partial charge < -0.3 is 14.2 Å². The number of hydrogen-bond donors (Lipinski definition) is 0. The second-order valence-electron chi connectivity index (χ2n) is 4.73. The lowest BCUT2D eigenvalue weighted by Gasteiger charge is -2.12. The number of nitrogens with zero attached hydrogens (tertiary/aromatic N) is 1. The normalized spacial score (nSPS) is 19.6. The molecule has 0 bridgehead atoms. The Bertz CT molecular complexity index is 667. The Hall–Kier alpha value is -2.49. The largest absolute Gasteiger partial charge is 0.467 e. The van der Waals surface area contributed by atoms with Crippen molar-refractivity contribution in [3.05, 3.63) is 59.7 Å². The molecule has 100 valence electrons. The molecule has 1 unspecified atom stereocenters. The van der Waals surface area contributed by atoms with Crippen LogP contribution in [0.25, 0.3) is 0 Å². The summed E-state index contributed by atoms with van der Waals surface area (Å²) in [6, 6.07) is 15.8. The Morgan fingerprint density at radius 1 is 0.950 bits per heavy atom. The van der Waals surface area contributed by atoms with Crippen LogP contribution in [0.1, 0.15) is 17.2 Å². The van der Waals surface area contributed by atoms with Gasteiger partial charge in [0.05, 0.1) is 6.54 Å². The third-order valence-corrected chi connectivity index (χ3v) is 3.44. The van der Waals surface area contributed by atoms with Gasteiger partial charge >= 0.3 is 0 Å². The van der Waals surface area contributed by atoms with E-state index in [2.05, 4.69) is 4.99 Å². The summed E-state index contributed by atoms with van der Waals surface area (Å²) in [4.78, 5) is 4.48. The van der Waals surface area contributed by atoms with Crippen LogP contribution in [0.2, 0.25) is 0 Å². The van der Waals surface area contributed by atoms with Crippen LogP contribution in [0.4, 0.5) is 0 Å². The summed E-state index contributed by atoms with van der Waals surface area (Å²) < 4.78 is 16.7. The monoisotopic (exact) mass is 267 g/mol. The van der Waals surface area contributed by atoms with Crippen molar-refractivity contribution in [3.63, 3.8) is 0 Å². The number of benzene rings is 2. The Balaban J connectivity index is 1.55. The number of ether oxygens (including phenoxy) is 3. The molecule has 0 N–H and O–H groups in total. The van der Waals surface area contributed by atoms with Gasteiger partial charge in [-0.2, -0.15) is 0 Å². The maximum absolute atomic E-state index is 5.95. The summed E-state index contributed by atoms with van der Waals surface area (Å²) >= 11 is 0. The maximum atomic E-state index is 5.95. The molecule has 4 nitrogen and oxygen atoms in total. The average Bonchev–Trinajstić information content (AvgIpc) is 3.16. The van der Waals surface area contributed by atoms with Crippen molar-refractivity contribution >= 4 is 5.90 Å². The van der Waals surface area contributed by atoms with E-state index in [1.165, 1.54) is 0 Å². The Morgan fingerprint density at radius 2 is 1.80 bits per heavy atom. The van der Waals surface area contributed by atoms with E-state index < -0.39 is 0 Å². The summed E-state index contributed by atoms with van der Waals surface area (Å²) in [7, 11) is 0. The highest BCUT2D eigenvalue weighted by atomic mass is 16.7. The van der Waals surface area contributed by atoms with E-state index in [1.807, 2.05) is 48.5 Å². The fourth-order valence-corrected chi connectivity index (χ4v) is 2.40. The van der Waals surface area contributed by atoms with Gasteiger partial charge in [0.25, 0.3) is 0 Å². The van der Waals surface area contributed by atoms with Gasteiger partial charge in [0.1, 0.15) is 6.10 Å². The van der Waals surface area contributed by atoms with Crippen LogP contribution in [0.3, 0.4) is 0 Å². The number of fused-ring (bicyclic) bond motifs is 1. The highest BCUT2D eigenvalue weighted by molar-refractivity contribution is 5.95. The molecule has 0 aromatic heterocycles. The zero-order valence-electron chi connectivity index (χ0n) is 10.8. The second kappa shape index (κ2) is 4.56. The smallest absolute Gasteiger partial charge is 0.231 e. The molecule has 0 saturated carbocycles. The molecule has 1 atom stereocenters. The van der Waals surface area contributed by atoms with Crippen molar-refractivity contribution in [1.29, 1.82) is 0 Å². The first-order valence-electron chi connectivity index (χ1n) is 6.56. The summed E-state index contributed by atoms with van der Waals surface area (Å²) in [6.07, 6.45) is -0.0558. The minimum Gasteiger partial charge on any atom is -0.467 e. The summed E-state index contributed by atoms with van der Waals surface area (Å²) in [6.45, 7) is 0.917. The Labute approximate surface area is 116 Å². The molecule has 2 heterocycles. The predicted molar refractivity (Wildman–Crippen MR) is 74.2 cm³/mol. The summed E-state index contributed by atoms with van der Waals surface area (Å²) in [5.41, 5.74) is 2.07. The van der Waals surface area contributed by atoms with Crippen LogP contribution in [0.15, 0.2) is 53.5 Å². The quantitative estimate of drug-likeness (QED) is 0.840. The van der Waals surface area contributed by atoms with Crippen molar-refractivity contribution in [2.24, 2.45) is 4.99 Å². The summed E-state index contributed by atoms with van der Waals surface area (Å²) in [5.74, 6) is 2.27. The number of aliphatic imine (C=N–C) groups is 1. The van der Waals surface area contributed by atoms with Gasteiger partial charge in [-0.1, -0.05) is 24.3 Å². The van der Waals surface area contributed by atoms with E-state index in [0.29, 0.717) is 12.4 Å². The van der Waals surface area contributed by atoms with E-state index in [1.54, 1.807) is 0 Å². The highest BCUT2D eigenvalue weighted by Crippen LogP contribution is 2.36. The van der Waals surface area contributed by atoms with Gasteiger partial charge in [-0.05, 0) is 29.8 Å². The molecule has 2 aromatic carbocycles. The Kier molecular flexibility index (Phi) is 2.59. The SMILES string of the molecule is c1ccc(C2=NCC(c3ccc4c(c3)OCO4)O2)cc1. The van der Waals surface area contributed by atoms with Gasteiger partial charge in [-0.3, -0.25) is 0 Å². The van der Waals surface area contributed by atoms with E-state index in [9.17, 15) is 0 Å². The molecule has 2 aliphatic heterocycles. The Morgan fingerprint density at radius 3 is 2.70 bits per heavy atom. The topological polar surface area (TPSA) is 40.0 Å². The molecule has 0 spiro atoms. The minimum atomic E-state index is -0.0558. The van der Waals surface area contributed by atoms with E-state index in [4.69, 9.17) is 14.2 Å². The minimum absolute atomic E-state index is 0.0558. The first-order valence-corrected chi connectivity index (χ1v) is 6.56. The zero-order chi connectivity index (χ0) is 13.4. The second-order valence-corrected chi connectivity index (χ2v) is 4.73. The molecule has 0 amide bonds. The highest BCUT2D eigenvalue weighted by Gasteiger charge is 2.24. The molecule has 0 aliphatic carbocycles. The van der Waals surface area contributed by atoms with Crippen LogP contribution >= 0.6 is 0 Å². The van der Waals surface area contributed by atoms with Crippen LogP contribution in [-0.2, 0) is 4.74 Å². The lowest BCUT2D eigenvalue weighted by Crippen LogP contribution is -2.06. The fraction of sp³-hybridized carbons (Fsp3) is 0.188. The molecular formula is C16H13NO3. The fourth-order valence-electron chi connectivity index (χ4n) is 2.40. The molecule has 0 saturated heterocycles. The number of rotatable bonds is 2. The average molecular weight is 267 g/mol. The van der Waals surface area contributed by atoms with Crippen LogP contribution in [0.5, 0.6) is 11.5 Å². The lowest BCUT2D eigenvalue weighted by molar-refractivity contribution is 0.173. The van der Waals surface area contributed by atoms with E-state index in [0.717, 1.165) is 22.6 Å². The van der Waals surface area contributed by atoms with Gasteiger partial charge in [0, 0.05) is 5.56 Å². The van der Waals surface area contributed by atoms with Crippen molar-refractivity contribution in [2.75, 3.05) is 13.3 Å². The molecular weight excluding hydrogens is 254 g/mol. The predicted octanol–water partition coefficient (Wildman–Crippen LogP) is 2.93. The van der Waals surface area contributed by atoms with Crippen LogP contribution in [-0.4, -0.2) is 19.2 Å². The van der Waals surface area contributed by atoms with Crippen molar-refractivity contribution in [3.8, 4) is 11.5 Å². The molecule has 2 aliphatic rings. The molecule has 4 heteroatoms. The van der Waals surface area contributed by atoms with Crippen LogP contribution < -0.4 is 9.47 Å². The zero-order valence-corrected chi connectivity index (χ0v) is 10.8. The molecule has 4 rings (SSSR count). The first-order chi connectivity index (χ1) is 9.90. The number of hydrogen-bond acceptors (Lipinski definition) is 4. The standard InChI is InChI=1S/C16H13NO3/c1-2-4-11(5-3-1)16-17-9-15(20-16)12-6-7-13-14(8-12)19-10-18-13/h1-8,15H,9-10H2. The lowest BCUT2D eigenvalue weighted by atomic mass is 10.1. The molecule has 0 fully saturated rings. The van der Waals surface area contributed by atoms with E-state index in [-0.39, 0.29) is 12.9 Å². The van der Waals surface area contributed by atoms with Crippen molar-refractivity contribution in [2.45, 2.75) is 6.10 Å². The summed E-state index contributed by atoms with van der Waals surface area (Å²) in [5, 5.41) is 0. The van der Waals surface area contributed by atoms with Gasteiger partial charge in [-0.15, -0.1) is 0 Å². The third-order valence-electron chi connectivity index (χ3n) is 3.44. The molecule has 2 aromatic rings. The van der Waals surface area contributed by atoms with Crippen molar-refractivity contribution in [1.82, 2.24) is 0 Å². The maximum Gasteiger partial charge on any atom is 0.231 e. The van der Waals surface area contributed by atoms with Gasteiger partial charge in [0.2, 0.25) is 12.7 Å². The third kappa shape index (κ3) is 1.90. The van der Waals surface area contributed by atoms with E-state index >= 15 is 0 Å². The first kappa shape index (κ1) is 11.3. The molecule has 0 radical (unpaired) electrons. The van der Waals surface area contributed by atoms with Gasteiger partial charge in [0.15, 0.2) is 11.5 Å². The van der Waals surface area contributed by atoms with Gasteiger partial charge in [-0.25, -0.2) is 4.99 Å². The van der Waals surface area contributed by atoms with Crippen molar-refractivity contribution < 1.29 is 14.2 Å².